The van der Waals surface area contributed by atoms with Gasteiger partial charge in [-0.15, -0.1) is 0 Å². The Labute approximate surface area is 97.0 Å². The molecule has 0 atom stereocenters. The van der Waals surface area contributed by atoms with Gasteiger partial charge in [0.05, 0.1) is 5.69 Å². The second-order valence-corrected chi connectivity index (χ2v) is 5.75. The van der Waals surface area contributed by atoms with Crippen molar-refractivity contribution in [1.82, 2.24) is 4.98 Å². The monoisotopic (exact) mass is 320 g/mol. The standard InChI is InChI=1S/C6H4BrClF2N2O2S/c7-5-4(15(8,13)14)2(11)1-3(12-5)6(9)10/h1,6H,(H2,11,12). The number of aromatic nitrogens is 1. The second kappa shape index (κ2) is 4.18. The molecular formula is C6H4BrClF2N2O2S. The van der Waals surface area contributed by atoms with Gasteiger partial charge in [0.1, 0.15) is 15.2 Å². The number of nitrogens with two attached hydrogens (primary N) is 1. The van der Waals surface area contributed by atoms with E-state index in [1.54, 1.807) is 0 Å². The molecule has 0 aliphatic heterocycles. The lowest BCUT2D eigenvalue weighted by atomic mass is 10.3. The summed E-state index contributed by atoms with van der Waals surface area (Å²) in [5, 5.41) is 0. The average Bonchev–Trinajstić information content (AvgIpc) is 1.99. The molecule has 1 heterocycles. The van der Waals surface area contributed by atoms with Crippen LogP contribution in [-0.4, -0.2) is 13.4 Å². The van der Waals surface area contributed by atoms with Gasteiger partial charge in [-0.05, 0) is 22.0 Å². The van der Waals surface area contributed by atoms with Crippen molar-refractivity contribution in [2.45, 2.75) is 11.3 Å². The molecule has 0 bridgehead atoms. The van der Waals surface area contributed by atoms with Gasteiger partial charge in [-0.1, -0.05) is 0 Å². The van der Waals surface area contributed by atoms with E-state index >= 15 is 0 Å². The van der Waals surface area contributed by atoms with E-state index in [2.05, 4.69) is 20.9 Å². The summed E-state index contributed by atoms with van der Waals surface area (Å²) in [6.45, 7) is 0. The molecule has 15 heavy (non-hydrogen) atoms. The van der Waals surface area contributed by atoms with Crippen LogP contribution in [-0.2, 0) is 9.05 Å². The Morgan fingerprint density at radius 3 is 2.40 bits per heavy atom. The van der Waals surface area contributed by atoms with Crippen LogP contribution in [0.3, 0.4) is 0 Å². The maximum atomic E-state index is 12.2. The molecule has 0 fully saturated rings. The van der Waals surface area contributed by atoms with Crippen molar-refractivity contribution in [3.8, 4) is 0 Å². The van der Waals surface area contributed by atoms with Crippen LogP contribution in [0.25, 0.3) is 0 Å². The van der Waals surface area contributed by atoms with E-state index in [0.717, 1.165) is 6.07 Å². The van der Waals surface area contributed by atoms with E-state index in [-0.39, 0.29) is 10.3 Å². The fraction of sp³-hybridized carbons (Fsp3) is 0.167. The number of halogens is 4. The fourth-order valence-corrected chi connectivity index (χ4v) is 3.32. The van der Waals surface area contributed by atoms with Crippen molar-refractivity contribution >= 4 is 41.4 Å². The predicted octanol–water partition coefficient (Wildman–Crippen LogP) is 2.29. The number of alkyl halides is 2. The highest BCUT2D eigenvalue weighted by Gasteiger charge is 2.22. The number of hydrogen-bond acceptors (Lipinski definition) is 4. The molecule has 1 rings (SSSR count). The smallest absolute Gasteiger partial charge is 0.280 e. The summed E-state index contributed by atoms with van der Waals surface area (Å²) in [4.78, 5) is 2.82. The first-order valence-corrected chi connectivity index (χ1v) is 6.52. The summed E-state index contributed by atoms with van der Waals surface area (Å²) in [7, 11) is 0.922. The lowest BCUT2D eigenvalue weighted by Gasteiger charge is -2.06. The highest BCUT2D eigenvalue weighted by molar-refractivity contribution is 9.10. The number of anilines is 1. The molecule has 84 valence electrons. The Kier molecular flexibility index (Phi) is 3.51. The minimum Gasteiger partial charge on any atom is -0.397 e. The van der Waals surface area contributed by atoms with Gasteiger partial charge >= 0.3 is 0 Å². The van der Waals surface area contributed by atoms with Gasteiger partial charge in [0.25, 0.3) is 15.5 Å². The van der Waals surface area contributed by atoms with E-state index in [1.807, 2.05) is 0 Å². The van der Waals surface area contributed by atoms with Gasteiger partial charge in [-0.25, -0.2) is 22.2 Å². The summed E-state index contributed by atoms with van der Waals surface area (Å²) in [5.74, 6) is 0. The van der Waals surface area contributed by atoms with E-state index in [4.69, 9.17) is 16.4 Å². The van der Waals surface area contributed by atoms with E-state index in [0.29, 0.717) is 0 Å². The number of nitrogens with zero attached hydrogens (tertiary/aromatic N) is 1. The molecule has 4 nitrogen and oxygen atoms in total. The Bertz CT molecular complexity index is 471. The third kappa shape index (κ3) is 2.76. The second-order valence-electron chi connectivity index (χ2n) is 2.49. The van der Waals surface area contributed by atoms with E-state index < -0.39 is 26.1 Å². The summed E-state index contributed by atoms with van der Waals surface area (Å²) >= 11 is 2.71. The number of nitrogen functional groups attached to an aromatic ring is 1. The minimum absolute atomic E-state index is 0.326. The number of hydrogen-bond donors (Lipinski definition) is 1. The zero-order valence-electron chi connectivity index (χ0n) is 6.92. The first kappa shape index (κ1) is 12.6. The Morgan fingerprint density at radius 2 is 2.07 bits per heavy atom. The van der Waals surface area contributed by atoms with Gasteiger partial charge in [0.15, 0.2) is 0 Å². The molecule has 0 unspecified atom stereocenters. The summed E-state index contributed by atoms with van der Waals surface area (Å²) in [5.41, 5.74) is 4.28. The molecule has 0 aliphatic carbocycles. The molecule has 2 N–H and O–H groups in total. The lowest BCUT2D eigenvalue weighted by Crippen LogP contribution is -2.04. The molecule has 1 aromatic heterocycles. The normalized spacial score (nSPS) is 12.1. The summed E-state index contributed by atoms with van der Waals surface area (Å²) in [6.07, 6.45) is -2.84. The molecule has 9 heteroatoms. The predicted molar refractivity (Wildman–Crippen MR) is 54.3 cm³/mol. The summed E-state index contributed by atoms with van der Waals surface area (Å²) < 4.78 is 46.1. The molecule has 0 saturated heterocycles. The Balaban J connectivity index is 3.48. The Hall–Kier alpha value is -0.470. The van der Waals surface area contributed by atoms with Crippen molar-refractivity contribution < 1.29 is 17.2 Å². The minimum atomic E-state index is -4.11. The Morgan fingerprint density at radius 1 is 1.53 bits per heavy atom. The van der Waals surface area contributed by atoms with Crippen LogP contribution >= 0.6 is 26.6 Å². The zero-order valence-corrected chi connectivity index (χ0v) is 10.1. The van der Waals surface area contributed by atoms with Crippen molar-refractivity contribution in [3.05, 3.63) is 16.4 Å². The molecule has 0 amide bonds. The van der Waals surface area contributed by atoms with Crippen LogP contribution in [0.1, 0.15) is 12.1 Å². The van der Waals surface area contributed by atoms with Gasteiger partial charge in [-0.3, -0.25) is 0 Å². The third-order valence-electron chi connectivity index (χ3n) is 1.45. The average molecular weight is 322 g/mol. The van der Waals surface area contributed by atoms with Crippen LogP contribution < -0.4 is 5.73 Å². The number of rotatable bonds is 2. The van der Waals surface area contributed by atoms with Gasteiger partial charge in [0, 0.05) is 10.7 Å². The van der Waals surface area contributed by atoms with Gasteiger partial charge in [-0.2, -0.15) is 0 Å². The van der Waals surface area contributed by atoms with Gasteiger partial charge < -0.3 is 5.73 Å². The molecule has 0 aliphatic rings. The van der Waals surface area contributed by atoms with Crippen LogP contribution in [0.2, 0.25) is 0 Å². The molecule has 0 saturated carbocycles. The van der Waals surface area contributed by atoms with Gasteiger partial charge in [0.2, 0.25) is 0 Å². The first-order valence-electron chi connectivity index (χ1n) is 3.42. The molecule has 0 spiro atoms. The van der Waals surface area contributed by atoms with Crippen molar-refractivity contribution in [3.63, 3.8) is 0 Å². The first-order chi connectivity index (χ1) is 6.73. The van der Waals surface area contributed by atoms with Crippen LogP contribution in [0, 0.1) is 0 Å². The molecular weight excluding hydrogens is 317 g/mol. The van der Waals surface area contributed by atoms with Crippen LogP contribution in [0.15, 0.2) is 15.6 Å². The topological polar surface area (TPSA) is 73.0 Å². The quantitative estimate of drug-likeness (QED) is 0.670. The van der Waals surface area contributed by atoms with Crippen LogP contribution in [0.4, 0.5) is 14.5 Å². The maximum absolute atomic E-state index is 12.2. The SMILES string of the molecule is Nc1cc(C(F)F)nc(Br)c1S(=O)(=O)Cl. The summed E-state index contributed by atoms with van der Waals surface area (Å²) in [6, 6.07) is 0.769. The van der Waals surface area contributed by atoms with E-state index in [9.17, 15) is 17.2 Å². The fourth-order valence-electron chi connectivity index (χ4n) is 0.894. The molecule has 0 aromatic carbocycles. The lowest BCUT2D eigenvalue weighted by molar-refractivity contribution is 0.146. The van der Waals surface area contributed by atoms with Crippen molar-refractivity contribution in [2.24, 2.45) is 0 Å². The third-order valence-corrected chi connectivity index (χ3v) is 3.66. The highest BCUT2D eigenvalue weighted by Crippen LogP contribution is 2.32. The van der Waals surface area contributed by atoms with E-state index in [1.165, 1.54) is 0 Å². The van der Waals surface area contributed by atoms with Crippen LogP contribution in [0.5, 0.6) is 0 Å². The highest BCUT2D eigenvalue weighted by atomic mass is 79.9. The largest absolute Gasteiger partial charge is 0.397 e. The maximum Gasteiger partial charge on any atom is 0.280 e. The van der Waals surface area contributed by atoms with Crippen molar-refractivity contribution in [2.75, 3.05) is 5.73 Å². The number of pyridine rings is 1. The molecule has 1 aromatic rings. The van der Waals surface area contributed by atoms with Crippen molar-refractivity contribution in [1.29, 1.82) is 0 Å². The zero-order chi connectivity index (χ0) is 11.8. The molecule has 0 radical (unpaired) electrons.